The molecule has 1 atom stereocenters. The Morgan fingerprint density at radius 1 is 0.966 bits per heavy atom. The van der Waals surface area contributed by atoms with E-state index in [9.17, 15) is 9.59 Å². The van der Waals surface area contributed by atoms with Gasteiger partial charge in [-0.2, -0.15) is 0 Å². The van der Waals surface area contributed by atoms with E-state index in [1.807, 2.05) is 61.5 Å². The third kappa shape index (κ3) is 6.41. The molecule has 1 aliphatic heterocycles. The molecule has 0 unspecified atom stereocenters. The van der Waals surface area contributed by atoms with Crippen molar-refractivity contribution >= 4 is 24.1 Å². The van der Waals surface area contributed by atoms with E-state index in [0.29, 0.717) is 17.7 Å². The summed E-state index contributed by atoms with van der Waals surface area (Å²) in [7, 11) is 0. The number of amides is 1. The van der Waals surface area contributed by atoms with Crippen LogP contribution in [-0.2, 0) is 4.79 Å². The summed E-state index contributed by atoms with van der Waals surface area (Å²) >= 11 is 0. The first-order valence-corrected chi connectivity index (χ1v) is 10.4. The van der Waals surface area contributed by atoms with E-state index in [1.165, 1.54) is 32.4 Å². The van der Waals surface area contributed by atoms with Crippen LogP contribution in [0.5, 0.6) is 0 Å². The molecule has 3 rings (SSSR count). The van der Waals surface area contributed by atoms with Gasteiger partial charge in [0.1, 0.15) is 0 Å². The summed E-state index contributed by atoms with van der Waals surface area (Å²) in [5, 5.41) is 3.05. The van der Waals surface area contributed by atoms with E-state index in [2.05, 4.69) is 10.2 Å². The van der Waals surface area contributed by atoms with Crippen molar-refractivity contribution in [3.05, 3.63) is 71.3 Å². The molecule has 0 aliphatic carbocycles. The molecule has 1 heterocycles. The predicted octanol–water partition coefficient (Wildman–Crippen LogP) is 4.44. The number of rotatable bonds is 8. The monoisotopic (exact) mass is 414 g/mol. The fourth-order valence-electron chi connectivity index (χ4n) is 3.82. The van der Waals surface area contributed by atoms with Crippen LogP contribution < -0.4 is 5.32 Å². The largest absolute Gasteiger partial charge is 0.356 e. The summed E-state index contributed by atoms with van der Waals surface area (Å²) in [5.41, 5.74) is 2.03. The van der Waals surface area contributed by atoms with Gasteiger partial charge in [-0.05, 0) is 51.4 Å². The molecule has 1 fully saturated rings. The van der Waals surface area contributed by atoms with Crippen LogP contribution in [0.15, 0.2) is 54.6 Å². The van der Waals surface area contributed by atoms with E-state index in [1.54, 1.807) is 0 Å². The quantitative estimate of drug-likeness (QED) is 0.513. The van der Waals surface area contributed by atoms with Crippen LogP contribution >= 0.6 is 12.4 Å². The van der Waals surface area contributed by atoms with Crippen LogP contribution in [0.25, 0.3) is 0 Å². The molecule has 1 amide bonds. The maximum absolute atomic E-state index is 12.9. The molecule has 0 aromatic heterocycles. The summed E-state index contributed by atoms with van der Waals surface area (Å²) in [6, 6.07) is 16.7. The van der Waals surface area contributed by atoms with Crippen molar-refractivity contribution in [1.29, 1.82) is 0 Å². The normalized spacial score (nSPS) is 15.2. The SMILES string of the molecule is C[C@H](C(=O)NCCCN1CCCCC1)c1ccccc1C(=O)c1ccccc1.Cl. The Morgan fingerprint density at radius 3 is 2.34 bits per heavy atom. The lowest BCUT2D eigenvalue weighted by Crippen LogP contribution is -2.34. The predicted molar refractivity (Wildman–Crippen MR) is 120 cm³/mol. The van der Waals surface area contributed by atoms with Gasteiger partial charge in [0.05, 0.1) is 5.92 Å². The molecule has 0 saturated carbocycles. The van der Waals surface area contributed by atoms with Crippen LogP contribution in [0.1, 0.15) is 60.0 Å². The van der Waals surface area contributed by atoms with Crippen molar-refractivity contribution in [3.63, 3.8) is 0 Å². The Labute approximate surface area is 180 Å². The van der Waals surface area contributed by atoms with Crippen LogP contribution in [0.3, 0.4) is 0 Å². The number of nitrogens with one attached hydrogen (secondary N) is 1. The number of halogens is 1. The second-order valence-electron chi connectivity index (χ2n) is 7.55. The maximum atomic E-state index is 12.9. The first kappa shape index (κ1) is 23.1. The molecule has 0 bridgehead atoms. The number of hydrogen-bond donors (Lipinski definition) is 1. The van der Waals surface area contributed by atoms with Gasteiger partial charge in [0.15, 0.2) is 5.78 Å². The average molecular weight is 415 g/mol. The first-order valence-electron chi connectivity index (χ1n) is 10.4. The van der Waals surface area contributed by atoms with E-state index in [4.69, 9.17) is 0 Å². The van der Waals surface area contributed by atoms with Crippen molar-refractivity contribution in [2.45, 2.75) is 38.5 Å². The van der Waals surface area contributed by atoms with E-state index >= 15 is 0 Å². The molecular weight excluding hydrogens is 384 g/mol. The summed E-state index contributed by atoms with van der Waals surface area (Å²) < 4.78 is 0. The topological polar surface area (TPSA) is 49.4 Å². The summed E-state index contributed by atoms with van der Waals surface area (Å²) in [6.45, 7) is 5.95. The number of carbonyl (C=O) groups excluding carboxylic acids is 2. The highest BCUT2D eigenvalue weighted by Crippen LogP contribution is 2.23. The number of carbonyl (C=O) groups is 2. The third-order valence-corrected chi connectivity index (χ3v) is 5.50. The highest BCUT2D eigenvalue weighted by molar-refractivity contribution is 6.10. The Morgan fingerprint density at radius 2 is 1.62 bits per heavy atom. The molecule has 1 aliphatic rings. The number of hydrogen-bond acceptors (Lipinski definition) is 3. The van der Waals surface area contributed by atoms with Gasteiger partial charge in [0, 0.05) is 17.7 Å². The Bertz CT molecular complexity index is 788. The van der Waals surface area contributed by atoms with Gasteiger partial charge in [0.25, 0.3) is 0 Å². The fourth-order valence-corrected chi connectivity index (χ4v) is 3.82. The lowest BCUT2D eigenvalue weighted by atomic mass is 9.90. The third-order valence-electron chi connectivity index (χ3n) is 5.50. The number of piperidine rings is 1. The molecule has 4 nitrogen and oxygen atoms in total. The summed E-state index contributed by atoms with van der Waals surface area (Å²) in [6.07, 6.45) is 4.88. The minimum absolute atomic E-state index is 0. The number of likely N-dealkylation sites (tertiary alicyclic amines) is 1. The molecule has 2 aromatic rings. The zero-order valence-electron chi connectivity index (χ0n) is 17.1. The molecule has 0 radical (unpaired) electrons. The van der Waals surface area contributed by atoms with Crippen molar-refractivity contribution in [2.24, 2.45) is 0 Å². The second-order valence-corrected chi connectivity index (χ2v) is 7.55. The van der Waals surface area contributed by atoms with Gasteiger partial charge in [0.2, 0.25) is 5.91 Å². The van der Waals surface area contributed by atoms with Crippen LogP contribution in [0, 0.1) is 0 Å². The lowest BCUT2D eigenvalue weighted by molar-refractivity contribution is -0.122. The summed E-state index contributed by atoms with van der Waals surface area (Å²) in [4.78, 5) is 28.0. The zero-order chi connectivity index (χ0) is 19.8. The fraction of sp³-hybridized carbons (Fsp3) is 0.417. The lowest BCUT2D eigenvalue weighted by Gasteiger charge is -2.26. The van der Waals surface area contributed by atoms with Crippen LogP contribution in [0.2, 0.25) is 0 Å². The van der Waals surface area contributed by atoms with E-state index in [0.717, 1.165) is 18.5 Å². The Kier molecular flexibility index (Phi) is 9.36. The van der Waals surface area contributed by atoms with Gasteiger partial charge in [-0.15, -0.1) is 12.4 Å². The van der Waals surface area contributed by atoms with Gasteiger partial charge in [-0.1, -0.05) is 61.0 Å². The van der Waals surface area contributed by atoms with Crippen LogP contribution in [-0.4, -0.2) is 42.8 Å². The van der Waals surface area contributed by atoms with E-state index < -0.39 is 0 Å². The first-order chi connectivity index (χ1) is 13.7. The number of nitrogens with zero attached hydrogens (tertiary/aromatic N) is 1. The van der Waals surface area contributed by atoms with Crippen molar-refractivity contribution in [3.8, 4) is 0 Å². The van der Waals surface area contributed by atoms with Gasteiger partial charge >= 0.3 is 0 Å². The number of ketones is 1. The zero-order valence-corrected chi connectivity index (χ0v) is 17.9. The molecular formula is C24H31ClN2O2. The second kappa shape index (κ2) is 11.7. The van der Waals surface area contributed by atoms with Gasteiger partial charge in [-0.25, -0.2) is 0 Å². The van der Waals surface area contributed by atoms with Crippen molar-refractivity contribution in [1.82, 2.24) is 10.2 Å². The molecule has 2 aromatic carbocycles. The molecule has 1 saturated heterocycles. The molecule has 29 heavy (non-hydrogen) atoms. The highest BCUT2D eigenvalue weighted by atomic mass is 35.5. The number of benzene rings is 2. The van der Waals surface area contributed by atoms with Crippen molar-refractivity contribution < 1.29 is 9.59 Å². The van der Waals surface area contributed by atoms with Crippen LogP contribution in [0.4, 0.5) is 0 Å². The Balaban J connectivity index is 0.00000300. The molecule has 1 N–H and O–H groups in total. The van der Waals surface area contributed by atoms with Gasteiger partial charge in [-0.3, -0.25) is 9.59 Å². The molecule has 156 valence electrons. The molecule has 5 heteroatoms. The minimum atomic E-state index is -0.362. The van der Waals surface area contributed by atoms with Gasteiger partial charge < -0.3 is 10.2 Å². The van der Waals surface area contributed by atoms with Crippen molar-refractivity contribution in [2.75, 3.05) is 26.2 Å². The smallest absolute Gasteiger partial charge is 0.227 e. The molecule has 0 spiro atoms. The van der Waals surface area contributed by atoms with E-state index in [-0.39, 0.29) is 30.0 Å². The summed E-state index contributed by atoms with van der Waals surface area (Å²) in [5.74, 6) is -0.424. The maximum Gasteiger partial charge on any atom is 0.227 e. The average Bonchev–Trinajstić information content (AvgIpc) is 2.77. The Hall–Kier alpha value is -2.17. The highest BCUT2D eigenvalue weighted by Gasteiger charge is 2.21. The minimum Gasteiger partial charge on any atom is -0.356 e. The standard InChI is InChI=1S/C24H30N2O2.ClH/c1-19(24(28)25-15-10-18-26-16-8-3-9-17-26)21-13-6-7-14-22(21)23(27)20-11-4-2-5-12-20;/h2,4-7,11-14,19H,3,8-10,15-18H2,1H3,(H,25,28);1H/t19-;/m0./s1.